The van der Waals surface area contributed by atoms with E-state index in [2.05, 4.69) is 34.7 Å². The first-order valence-corrected chi connectivity index (χ1v) is 11.6. The van der Waals surface area contributed by atoms with E-state index < -0.39 is 10.0 Å². The van der Waals surface area contributed by atoms with Crippen molar-refractivity contribution in [1.82, 2.24) is 14.9 Å². The van der Waals surface area contributed by atoms with Gasteiger partial charge in [0.1, 0.15) is 0 Å². The van der Waals surface area contributed by atoms with Crippen LogP contribution in [-0.4, -0.2) is 62.9 Å². The number of aliphatic imine (C=N–C) groups is 1. The van der Waals surface area contributed by atoms with Gasteiger partial charge in [0.05, 0.1) is 12.3 Å². The Hall–Kier alpha value is -0.520. The second kappa shape index (κ2) is 14.5. The van der Waals surface area contributed by atoms with Gasteiger partial charge in [0, 0.05) is 36.8 Å². The summed E-state index contributed by atoms with van der Waals surface area (Å²) in [6, 6.07) is 10.3. The summed E-state index contributed by atoms with van der Waals surface area (Å²) in [5, 5.41) is 6.87. The Balaban J connectivity index is 0.00000676. The maximum Gasteiger partial charge on any atom is 0.213 e. The number of nitrogens with one attached hydrogen (secondary N) is 2. The zero-order valence-electron chi connectivity index (χ0n) is 16.6. The van der Waals surface area contributed by atoms with Crippen LogP contribution in [0, 0.1) is 0 Å². The average molecular weight is 529 g/mol. The molecule has 1 aromatic rings. The molecule has 0 radical (unpaired) electrons. The molecule has 0 aliphatic heterocycles. The Kier molecular flexibility index (Phi) is 14.2. The molecule has 1 rings (SSSR count). The molecule has 1 aromatic carbocycles. The lowest BCUT2D eigenvalue weighted by molar-refractivity contribution is 0.461. The largest absolute Gasteiger partial charge is 0.357 e. The number of halogens is 1. The van der Waals surface area contributed by atoms with E-state index in [0.29, 0.717) is 24.9 Å². The second-order valence-electron chi connectivity index (χ2n) is 5.96. The molecule has 1 unspecified atom stereocenters. The number of sulfonamides is 1. The first kappa shape index (κ1) is 26.5. The first-order chi connectivity index (χ1) is 12.4. The highest BCUT2D eigenvalue weighted by molar-refractivity contribution is 14.0. The molecule has 0 bridgehead atoms. The molecule has 0 fully saturated rings. The van der Waals surface area contributed by atoms with Crippen LogP contribution in [0.2, 0.25) is 0 Å². The van der Waals surface area contributed by atoms with Crippen molar-refractivity contribution in [2.24, 2.45) is 4.99 Å². The van der Waals surface area contributed by atoms with Crippen molar-refractivity contribution in [3.63, 3.8) is 0 Å². The van der Waals surface area contributed by atoms with E-state index in [4.69, 9.17) is 0 Å². The van der Waals surface area contributed by atoms with Gasteiger partial charge in [-0.1, -0.05) is 25.1 Å². The molecule has 27 heavy (non-hydrogen) atoms. The van der Waals surface area contributed by atoms with Crippen LogP contribution >= 0.6 is 35.7 Å². The number of hydrogen-bond acceptors (Lipinski definition) is 4. The summed E-state index contributed by atoms with van der Waals surface area (Å²) >= 11 is 1.81. The van der Waals surface area contributed by atoms with Gasteiger partial charge in [-0.2, -0.15) is 0 Å². The van der Waals surface area contributed by atoms with Crippen molar-refractivity contribution in [2.75, 3.05) is 39.0 Å². The number of guanidine groups is 1. The van der Waals surface area contributed by atoms with Crippen LogP contribution in [0.15, 0.2) is 40.2 Å². The van der Waals surface area contributed by atoms with E-state index in [1.165, 1.54) is 9.20 Å². The smallest absolute Gasteiger partial charge is 0.213 e. The van der Waals surface area contributed by atoms with Gasteiger partial charge in [0.2, 0.25) is 10.0 Å². The van der Waals surface area contributed by atoms with Gasteiger partial charge in [0.15, 0.2) is 5.96 Å². The van der Waals surface area contributed by atoms with Crippen molar-refractivity contribution in [2.45, 2.75) is 37.3 Å². The Labute approximate surface area is 186 Å². The molecular weight excluding hydrogens is 495 g/mol. The maximum atomic E-state index is 11.7. The topological polar surface area (TPSA) is 73.8 Å². The lowest BCUT2D eigenvalue weighted by Gasteiger charge is -2.17. The van der Waals surface area contributed by atoms with Crippen molar-refractivity contribution in [1.29, 1.82) is 0 Å². The van der Waals surface area contributed by atoms with E-state index in [0.717, 1.165) is 18.9 Å². The molecule has 6 nitrogen and oxygen atoms in total. The SMILES string of the molecule is CCNC(=NCC(C)Sc1ccccc1)NCCCN(C)S(=O)(=O)CC.I. The van der Waals surface area contributed by atoms with Crippen molar-refractivity contribution < 1.29 is 8.42 Å². The summed E-state index contributed by atoms with van der Waals surface area (Å²) < 4.78 is 24.9. The minimum atomic E-state index is -3.10. The molecule has 0 aliphatic carbocycles. The van der Waals surface area contributed by atoms with Crippen LogP contribution in [-0.2, 0) is 10.0 Å². The highest BCUT2D eigenvalue weighted by Crippen LogP contribution is 2.22. The molecule has 2 N–H and O–H groups in total. The Morgan fingerprint density at radius 1 is 1.22 bits per heavy atom. The van der Waals surface area contributed by atoms with E-state index in [9.17, 15) is 8.42 Å². The average Bonchev–Trinajstić information content (AvgIpc) is 2.63. The van der Waals surface area contributed by atoms with Gasteiger partial charge in [-0.05, 0) is 32.4 Å². The van der Waals surface area contributed by atoms with Gasteiger partial charge >= 0.3 is 0 Å². The molecule has 156 valence electrons. The Morgan fingerprint density at radius 2 is 1.89 bits per heavy atom. The van der Waals surface area contributed by atoms with Crippen LogP contribution in [0.4, 0.5) is 0 Å². The number of benzene rings is 1. The fraction of sp³-hybridized carbons (Fsp3) is 0.611. The normalized spacial score (nSPS) is 13.1. The van der Waals surface area contributed by atoms with Crippen LogP contribution in [0.25, 0.3) is 0 Å². The summed E-state index contributed by atoms with van der Waals surface area (Å²) in [5.41, 5.74) is 0. The van der Waals surface area contributed by atoms with Crippen LogP contribution in [0.1, 0.15) is 27.2 Å². The van der Waals surface area contributed by atoms with Crippen molar-refractivity contribution >= 4 is 51.7 Å². The van der Waals surface area contributed by atoms with Gasteiger partial charge < -0.3 is 10.6 Å². The molecule has 0 saturated carbocycles. The second-order valence-corrected chi connectivity index (χ2v) is 9.84. The molecule has 0 amide bonds. The fourth-order valence-corrected chi connectivity index (χ4v) is 3.97. The van der Waals surface area contributed by atoms with Crippen LogP contribution < -0.4 is 10.6 Å². The zero-order chi connectivity index (χ0) is 19.4. The predicted molar refractivity (Wildman–Crippen MR) is 128 cm³/mol. The van der Waals surface area contributed by atoms with E-state index in [1.807, 2.05) is 25.1 Å². The Morgan fingerprint density at radius 3 is 2.48 bits per heavy atom. The van der Waals surface area contributed by atoms with E-state index in [-0.39, 0.29) is 29.7 Å². The summed E-state index contributed by atoms with van der Waals surface area (Å²) in [5.74, 6) is 0.909. The first-order valence-electron chi connectivity index (χ1n) is 9.07. The minimum absolute atomic E-state index is 0. The predicted octanol–water partition coefficient (Wildman–Crippen LogP) is 3.01. The molecule has 0 saturated heterocycles. The minimum Gasteiger partial charge on any atom is -0.357 e. The highest BCUT2D eigenvalue weighted by Gasteiger charge is 2.14. The highest BCUT2D eigenvalue weighted by atomic mass is 127. The molecule has 0 aliphatic rings. The van der Waals surface area contributed by atoms with Gasteiger partial charge in [-0.3, -0.25) is 4.99 Å². The molecule has 9 heteroatoms. The third-order valence-corrected chi connectivity index (χ3v) is 6.67. The van der Waals surface area contributed by atoms with Crippen molar-refractivity contribution in [3.8, 4) is 0 Å². The molecule has 1 atom stereocenters. The lowest BCUT2D eigenvalue weighted by Crippen LogP contribution is -2.39. The number of nitrogens with zero attached hydrogens (tertiary/aromatic N) is 2. The molecule has 0 spiro atoms. The van der Waals surface area contributed by atoms with Crippen LogP contribution in [0.3, 0.4) is 0 Å². The number of hydrogen-bond donors (Lipinski definition) is 2. The fourth-order valence-electron chi connectivity index (χ4n) is 2.20. The molecule has 0 heterocycles. The Bertz CT molecular complexity index is 642. The number of rotatable bonds is 11. The molecule has 0 aromatic heterocycles. The monoisotopic (exact) mass is 528 g/mol. The zero-order valence-corrected chi connectivity index (χ0v) is 20.6. The van der Waals surface area contributed by atoms with Gasteiger partial charge in [-0.15, -0.1) is 35.7 Å². The third-order valence-electron chi connectivity index (χ3n) is 3.71. The standard InChI is InChI=1S/C18H32N4O2S2.HI/c1-5-19-18(20-13-10-14-22(4)26(23,24)6-2)21-15-16(3)25-17-11-8-7-9-12-17;/h7-9,11-12,16H,5-6,10,13-15H2,1-4H3,(H2,19,20,21);1H. The summed E-state index contributed by atoms with van der Waals surface area (Å²) in [6.45, 7) is 8.53. The quantitative estimate of drug-likeness (QED) is 0.152. The summed E-state index contributed by atoms with van der Waals surface area (Å²) in [6.07, 6.45) is 0.731. The van der Waals surface area contributed by atoms with Gasteiger partial charge in [-0.25, -0.2) is 12.7 Å². The third kappa shape index (κ3) is 11.2. The molecular formula is C18H33IN4O2S2. The van der Waals surface area contributed by atoms with Crippen molar-refractivity contribution in [3.05, 3.63) is 30.3 Å². The van der Waals surface area contributed by atoms with Crippen LogP contribution in [0.5, 0.6) is 0 Å². The summed E-state index contributed by atoms with van der Waals surface area (Å²) in [4.78, 5) is 5.88. The van der Waals surface area contributed by atoms with E-state index >= 15 is 0 Å². The lowest BCUT2D eigenvalue weighted by atomic mass is 10.4. The summed E-state index contributed by atoms with van der Waals surface area (Å²) in [7, 11) is -1.48. The van der Waals surface area contributed by atoms with Gasteiger partial charge in [0.25, 0.3) is 0 Å². The number of thioether (sulfide) groups is 1. The van der Waals surface area contributed by atoms with E-state index in [1.54, 1.807) is 25.7 Å². The maximum absolute atomic E-state index is 11.7.